The molecule has 0 spiro atoms. The van der Waals surface area contributed by atoms with Crippen molar-refractivity contribution in [2.24, 2.45) is 15.3 Å². The van der Waals surface area contributed by atoms with Gasteiger partial charge in [-0.2, -0.15) is 15.3 Å². The van der Waals surface area contributed by atoms with E-state index in [1.54, 1.807) is 30.3 Å². The Bertz CT molecular complexity index is 1000. The van der Waals surface area contributed by atoms with Crippen molar-refractivity contribution >= 4 is 39.4 Å². The van der Waals surface area contributed by atoms with Crippen LogP contribution in [0.3, 0.4) is 0 Å². The van der Waals surface area contributed by atoms with Gasteiger partial charge in [-0.15, -0.1) is 0 Å². The number of carbonyl (C=O) groups is 1. The zero-order chi connectivity index (χ0) is 19.1. The molecule has 0 heterocycles. The molecule has 0 aliphatic heterocycles. The highest BCUT2D eigenvalue weighted by molar-refractivity contribution is 9.10. The molecule has 0 unspecified atom stereocenters. The number of rotatable bonds is 5. The predicted molar refractivity (Wildman–Crippen MR) is 108 cm³/mol. The lowest BCUT2D eigenvalue weighted by Crippen LogP contribution is -2.18. The average Bonchev–Trinajstić information content (AvgIpc) is 2.69. The Morgan fingerprint density at radius 1 is 0.926 bits per heavy atom. The maximum atomic E-state index is 12.1. The van der Waals surface area contributed by atoms with Crippen LogP contribution in [0.2, 0.25) is 0 Å². The minimum atomic E-state index is -0.363. The third-order valence-corrected chi connectivity index (χ3v) is 4.23. The van der Waals surface area contributed by atoms with Crippen LogP contribution in [0.15, 0.2) is 92.6 Å². The molecular weight excluding hydrogens is 408 g/mol. The summed E-state index contributed by atoms with van der Waals surface area (Å²) in [5.41, 5.74) is 4.57. The van der Waals surface area contributed by atoms with Crippen LogP contribution in [-0.2, 0) is 0 Å². The Morgan fingerprint density at radius 3 is 2.41 bits per heavy atom. The van der Waals surface area contributed by atoms with Crippen molar-refractivity contribution in [1.29, 1.82) is 0 Å². The Kier molecular flexibility index (Phi) is 6.06. The van der Waals surface area contributed by atoms with Crippen LogP contribution in [-0.4, -0.2) is 17.2 Å². The van der Waals surface area contributed by atoms with Gasteiger partial charge in [0.2, 0.25) is 0 Å². The van der Waals surface area contributed by atoms with Crippen molar-refractivity contribution in [3.63, 3.8) is 0 Å². The summed E-state index contributed by atoms with van der Waals surface area (Å²) in [5.74, 6) is -0.342. The molecule has 7 heteroatoms. The summed E-state index contributed by atoms with van der Waals surface area (Å²) in [6.07, 6.45) is 1.35. The number of hydrogen-bond donors (Lipinski definition) is 2. The number of halogens is 1. The second-order valence-corrected chi connectivity index (χ2v) is 6.31. The zero-order valence-electron chi connectivity index (χ0n) is 14.1. The topological polar surface area (TPSA) is 86.4 Å². The van der Waals surface area contributed by atoms with Crippen molar-refractivity contribution in [3.05, 3.63) is 88.4 Å². The number of azo groups is 1. The fraction of sp³-hybridized carbons (Fsp3) is 0. The minimum Gasteiger partial charge on any atom is -0.507 e. The van der Waals surface area contributed by atoms with Gasteiger partial charge in [0, 0.05) is 10.0 Å². The molecule has 3 rings (SSSR count). The van der Waals surface area contributed by atoms with E-state index in [4.69, 9.17) is 0 Å². The first kappa shape index (κ1) is 18.5. The number of hydrogen-bond acceptors (Lipinski definition) is 5. The van der Waals surface area contributed by atoms with Crippen molar-refractivity contribution in [2.75, 3.05) is 0 Å². The molecule has 1 amide bonds. The van der Waals surface area contributed by atoms with E-state index in [-0.39, 0.29) is 11.7 Å². The van der Waals surface area contributed by atoms with Crippen LogP contribution in [0.1, 0.15) is 15.9 Å². The molecule has 0 bridgehead atoms. The van der Waals surface area contributed by atoms with E-state index in [1.807, 2.05) is 36.4 Å². The van der Waals surface area contributed by atoms with Crippen LogP contribution >= 0.6 is 15.9 Å². The lowest BCUT2D eigenvalue weighted by Gasteiger charge is -2.03. The third kappa shape index (κ3) is 5.08. The van der Waals surface area contributed by atoms with E-state index >= 15 is 0 Å². The summed E-state index contributed by atoms with van der Waals surface area (Å²) in [6, 6.07) is 21.1. The molecule has 0 fully saturated rings. The molecular formula is C20H15BrN4O2. The van der Waals surface area contributed by atoms with Crippen molar-refractivity contribution in [1.82, 2.24) is 5.43 Å². The highest BCUT2D eigenvalue weighted by Gasteiger charge is 2.07. The summed E-state index contributed by atoms with van der Waals surface area (Å²) in [5, 5.41) is 22.1. The second-order valence-electron chi connectivity index (χ2n) is 5.46. The van der Waals surface area contributed by atoms with Gasteiger partial charge < -0.3 is 5.11 Å². The van der Waals surface area contributed by atoms with Gasteiger partial charge in [-0.25, -0.2) is 5.43 Å². The number of amides is 1. The highest BCUT2D eigenvalue weighted by atomic mass is 79.9. The molecule has 6 nitrogen and oxygen atoms in total. The average molecular weight is 423 g/mol. The quantitative estimate of drug-likeness (QED) is 0.330. The number of phenols is 1. The summed E-state index contributed by atoms with van der Waals surface area (Å²) < 4.78 is 0.670. The first-order valence-corrected chi connectivity index (χ1v) is 8.80. The molecule has 0 saturated heterocycles. The van der Waals surface area contributed by atoms with Gasteiger partial charge in [-0.1, -0.05) is 30.3 Å². The standard InChI is InChI=1S/C20H15BrN4O2/c21-18-9-5-4-8-17(18)20(27)25-22-13-14-12-16(10-11-19(14)26)24-23-15-6-2-1-3-7-15/h1-13,26H,(H,25,27). The normalized spacial score (nSPS) is 11.1. The second kappa shape index (κ2) is 8.86. The van der Waals surface area contributed by atoms with Crippen molar-refractivity contribution in [2.45, 2.75) is 0 Å². The van der Waals surface area contributed by atoms with Crippen LogP contribution in [0.4, 0.5) is 11.4 Å². The first-order chi connectivity index (χ1) is 13.1. The summed E-state index contributed by atoms with van der Waals surface area (Å²) >= 11 is 3.32. The number of hydrazone groups is 1. The largest absolute Gasteiger partial charge is 0.507 e. The fourth-order valence-electron chi connectivity index (χ4n) is 2.18. The maximum absolute atomic E-state index is 12.1. The van der Waals surface area contributed by atoms with E-state index in [2.05, 4.69) is 36.7 Å². The third-order valence-electron chi connectivity index (χ3n) is 3.54. The number of nitrogens with zero attached hydrogens (tertiary/aromatic N) is 3. The van der Waals surface area contributed by atoms with Crippen LogP contribution < -0.4 is 5.43 Å². The van der Waals surface area contributed by atoms with Gasteiger partial charge in [0.25, 0.3) is 5.91 Å². The molecule has 134 valence electrons. The summed E-state index contributed by atoms with van der Waals surface area (Å²) in [7, 11) is 0. The number of nitrogens with one attached hydrogen (secondary N) is 1. The van der Waals surface area contributed by atoms with E-state index in [9.17, 15) is 9.90 Å². The Hall–Kier alpha value is -3.32. The van der Waals surface area contributed by atoms with Gasteiger partial charge in [-0.05, 0) is 58.4 Å². The molecule has 0 radical (unpaired) electrons. The van der Waals surface area contributed by atoms with Gasteiger partial charge >= 0.3 is 0 Å². The van der Waals surface area contributed by atoms with E-state index in [0.717, 1.165) is 5.69 Å². The van der Waals surface area contributed by atoms with Crippen molar-refractivity contribution in [3.8, 4) is 5.75 Å². The molecule has 0 aromatic heterocycles. The molecule has 0 saturated carbocycles. The van der Waals surface area contributed by atoms with Gasteiger partial charge in [-0.3, -0.25) is 4.79 Å². The van der Waals surface area contributed by atoms with E-state index in [0.29, 0.717) is 21.3 Å². The predicted octanol–water partition coefficient (Wildman–Crippen LogP) is 5.33. The van der Waals surface area contributed by atoms with E-state index in [1.165, 1.54) is 12.3 Å². The Morgan fingerprint density at radius 2 is 1.63 bits per heavy atom. The van der Waals surface area contributed by atoms with Crippen LogP contribution in [0, 0.1) is 0 Å². The lowest BCUT2D eigenvalue weighted by atomic mass is 10.2. The smallest absolute Gasteiger partial charge is 0.272 e. The monoisotopic (exact) mass is 422 g/mol. The van der Waals surface area contributed by atoms with Gasteiger partial charge in [0.05, 0.1) is 23.2 Å². The number of phenolic OH excluding ortho intramolecular Hbond substituents is 1. The zero-order valence-corrected chi connectivity index (χ0v) is 15.7. The van der Waals surface area contributed by atoms with Crippen molar-refractivity contribution < 1.29 is 9.90 Å². The molecule has 0 aliphatic carbocycles. The maximum Gasteiger partial charge on any atom is 0.272 e. The number of carbonyl (C=O) groups excluding carboxylic acids is 1. The molecule has 2 N–H and O–H groups in total. The van der Waals surface area contributed by atoms with Crippen LogP contribution in [0.25, 0.3) is 0 Å². The molecule has 3 aromatic carbocycles. The van der Waals surface area contributed by atoms with E-state index < -0.39 is 0 Å². The lowest BCUT2D eigenvalue weighted by molar-refractivity contribution is 0.0954. The molecule has 0 atom stereocenters. The van der Waals surface area contributed by atoms with Gasteiger partial charge in [0.1, 0.15) is 5.75 Å². The Labute approximate surface area is 164 Å². The minimum absolute atomic E-state index is 0.0209. The fourth-order valence-corrected chi connectivity index (χ4v) is 2.65. The first-order valence-electron chi connectivity index (χ1n) is 8.01. The summed E-state index contributed by atoms with van der Waals surface area (Å²) in [6.45, 7) is 0. The highest BCUT2D eigenvalue weighted by Crippen LogP contribution is 2.24. The van der Waals surface area contributed by atoms with Gasteiger partial charge in [0.15, 0.2) is 0 Å². The summed E-state index contributed by atoms with van der Waals surface area (Å²) in [4.78, 5) is 12.1. The SMILES string of the molecule is O=C(NN=Cc1cc(N=Nc2ccccc2)ccc1O)c1ccccc1Br. The molecule has 3 aromatic rings. The molecule has 0 aliphatic rings. The number of aromatic hydroxyl groups is 1. The van der Waals surface area contributed by atoms with Crippen LogP contribution in [0.5, 0.6) is 5.75 Å². The molecule has 27 heavy (non-hydrogen) atoms. The number of benzene rings is 3. The Balaban J connectivity index is 1.71.